The number of likely N-dealkylation sites (N-methyl/N-ethyl adjacent to an activating group) is 6. The van der Waals surface area contributed by atoms with E-state index in [9.17, 15) is 53.7 Å². The van der Waals surface area contributed by atoms with Crippen molar-refractivity contribution in [3.8, 4) is 0 Å². The zero-order valence-electron chi connectivity index (χ0n) is 61.5. The fraction of sp³-hybridized carbons (Fsp3) is 0.838. The first-order chi connectivity index (χ1) is 43.8. The number of nitrogens with zero attached hydrogens (tertiary/aromatic N) is 7. The summed E-state index contributed by atoms with van der Waals surface area (Å²) in [6.07, 6.45) is -4.06. The highest BCUT2D eigenvalue weighted by Crippen LogP contribution is 2.29. The molecule has 2 saturated heterocycles. The van der Waals surface area contributed by atoms with Crippen molar-refractivity contribution < 1.29 is 77.2 Å². The lowest BCUT2D eigenvalue weighted by Crippen LogP contribution is -2.64. The second kappa shape index (κ2) is 38.2. The number of rotatable bonds is 19. The first-order valence-corrected chi connectivity index (χ1v) is 34.2. The van der Waals surface area contributed by atoms with E-state index in [0.717, 1.165) is 24.5 Å². The fourth-order valence-corrected chi connectivity index (χ4v) is 12.2. The van der Waals surface area contributed by atoms with Crippen LogP contribution in [0.3, 0.4) is 0 Å². The molecule has 95 heavy (non-hydrogen) atoms. The van der Waals surface area contributed by atoms with Gasteiger partial charge < -0.3 is 75.6 Å². The molecule has 0 radical (unpaired) electrons. The minimum atomic E-state index is -1.82. The van der Waals surface area contributed by atoms with Gasteiger partial charge in [0.2, 0.25) is 53.2 Å². The van der Waals surface area contributed by atoms with Crippen LogP contribution < -0.4 is 21.3 Å². The zero-order chi connectivity index (χ0) is 73.2. The molecule has 0 unspecified atom stereocenters. The van der Waals surface area contributed by atoms with Gasteiger partial charge in [-0.15, -0.1) is 0 Å². The Morgan fingerprint density at radius 1 is 0.505 bits per heavy atom. The number of hydrogen-bond acceptors (Lipinski definition) is 16. The van der Waals surface area contributed by atoms with Crippen molar-refractivity contribution in [2.45, 2.75) is 247 Å². The number of cyclic esters (lactones) is 1. The molecule has 0 aliphatic carbocycles. The van der Waals surface area contributed by atoms with Crippen LogP contribution in [-0.2, 0) is 57.5 Å². The summed E-state index contributed by atoms with van der Waals surface area (Å²) in [6.45, 7) is 28.8. The van der Waals surface area contributed by atoms with Crippen molar-refractivity contribution >= 4 is 65.0 Å². The second-order valence-corrected chi connectivity index (χ2v) is 29.9. The maximum Gasteiger partial charge on any atom is 0.329 e. The third-order valence-electron chi connectivity index (χ3n) is 18.3. The third kappa shape index (κ3) is 24.8. The topological polar surface area (TPSA) is 328 Å². The number of aliphatic hydroxyl groups excluding tert-OH is 3. The molecule has 26 nitrogen and oxygen atoms in total. The predicted octanol–water partition coefficient (Wildman–Crippen LogP) is 2.57. The van der Waals surface area contributed by atoms with Crippen LogP contribution in [0.4, 0.5) is 4.39 Å². The van der Waals surface area contributed by atoms with Crippen LogP contribution in [0.2, 0.25) is 0 Å². The first-order valence-electron chi connectivity index (χ1n) is 34.2. The number of hydrogen-bond donors (Lipinski definition) is 7. The molecule has 2 rings (SSSR count). The number of carbonyl (C=O) groups excluding carboxylic acids is 11. The number of esters is 1. The van der Waals surface area contributed by atoms with Gasteiger partial charge in [0.05, 0.1) is 25.4 Å². The van der Waals surface area contributed by atoms with Gasteiger partial charge in [0.25, 0.3) is 5.91 Å². The summed E-state index contributed by atoms with van der Waals surface area (Å²) >= 11 is 0. The number of likely N-dealkylation sites (tertiary alicyclic amines) is 1. The van der Waals surface area contributed by atoms with E-state index in [4.69, 9.17) is 4.74 Å². The van der Waals surface area contributed by atoms with Gasteiger partial charge in [-0.25, -0.2) is 9.18 Å². The van der Waals surface area contributed by atoms with Gasteiger partial charge in [-0.2, -0.15) is 0 Å². The van der Waals surface area contributed by atoms with E-state index in [1.54, 1.807) is 34.6 Å². The van der Waals surface area contributed by atoms with Crippen molar-refractivity contribution in [3.63, 3.8) is 0 Å². The Hall–Kier alpha value is -6.06. The number of alkyl halides is 1. The Morgan fingerprint density at radius 3 is 1.33 bits per heavy atom. The van der Waals surface area contributed by atoms with E-state index in [1.165, 1.54) is 61.0 Å². The molecule has 27 heteroatoms. The van der Waals surface area contributed by atoms with Crippen molar-refractivity contribution in [3.05, 3.63) is 0 Å². The van der Waals surface area contributed by atoms with Crippen LogP contribution in [0.15, 0.2) is 0 Å². The highest BCUT2D eigenvalue weighted by molar-refractivity contribution is 5.99. The monoisotopic (exact) mass is 1350 g/mol. The molecule has 546 valence electrons. The van der Waals surface area contributed by atoms with E-state index in [-0.39, 0.29) is 81.0 Å². The summed E-state index contributed by atoms with van der Waals surface area (Å²) in [6, 6.07) is -12.6. The average Bonchev–Trinajstić information content (AvgIpc) is 0.833. The predicted molar refractivity (Wildman–Crippen MR) is 359 cm³/mol. The normalized spacial score (nSPS) is 27.3. The lowest BCUT2D eigenvalue weighted by atomic mass is 9.90. The largest absolute Gasteiger partial charge is 0.450 e. The highest BCUT2D eigenvalue weighted by atomic mass is 19.1. The van der Waals surface area contributed by atoms with Gasteiger partial charge in [-0.05, 0) is 119 Å². The van der Waals surface area contributed by atoms with Crippen LogP contribution >= 0.6 is 0 Å². The molecule has 0 saturated carbocycles. The van der Waals surface area contributed by atoms with Crippen molar-refractivity contribution in [2.75, 3.05) is 75.1 Å². The molecule has 13 atom stereocenters. The van der Waals surface area contributed by atoms with Gasteiger partial charge in [-0.1, -0.05) is 104 Å². The molecule has 0 bridgehead atoms. The van der Waals surface area contributed by atoms with E-state index in [0.29, 0.717) is 19.6 Å². The third-order valence-corrected chi connectivity index (χ3v) is 18.3. The Kier molecular flexibility index (Phi) is 34.2. The molecule has 0 aromatic carbocycles. The lowest BCUT2D eigenvalue weighted by Gasteiger charge is -2.41. The summed E-state index contributed by atoms with van der Waals surface area (Å²) in [7, 11) is 8.03. The molecule has 2 aliphatic rings. The molecular weight excluding hydrogens is 1230 g/mol. The standard InChI is InChI=1S/C68H122FN11O15/c1-37(2)30-47-62(89)76(20)50(33-40(7)8)58(85)70-45(16)67(94)95-57(43(13)14)66(93)77(21)51(34-41(9)10)60(87)72-48(31-38(3)4)63(90)78(22)54(42(11)12)65(92)79(23)55(56(84)44(15)24-27-80-28-25-68(69,36-81)26-29-80)61(88)73-53(46(17)82)64(91)74(18)35-52(83)75(19)49(32-39(5)6)59(86)71-47/h37-51,53-57,81-82,84H,24-36H2,1-23H3,(H,70,85)(H,71,86)(H,72,87)(H,73,88)/t44-,45-,46-,47-,48-,49+,50-,51-,53-,54-,55-,56-,57+/m1/s1. The Bertz CT molecular complexity index is 2580. The van der Waals surface area contributed by atoms with Crippen LogP contribution in [-0.4, -0.2) is 268 Å². The van der Waals surface area contributed by atoms with Crippen LogP contribution in [0, 0.1) is 47.3 Å². The molecular formula is C68H122FN11O15. The van der Waals surface area contributed by atoms with Gasteiger partial charge in [0.1, 0.15) is 60.0 Å². The van der Waals surface area contributed by atoms with Gasteiger partial charge in [0, 0.05) is 55.4 Å². The Morgan fingerprint density at radius 2 is 0.916 bits per heavy atom. The number of halogens is 1. The summed E-state index contributed by atoms with van der Waals surface area (Å²) < 4.78 is 20.9. The van der Waals surface area contributed by atoms with Crippen LogP contribution in [0.1, 0.15) is 169 Å². The second-order valence-electron chi connectivity index (χ2n) is 29.9. The molecule has 0 spiro atoms. The van der Waals surface area contributed by atoms with Crippen molar-refractivity contribution in [1.29, 1.82) is 0 Å². The summed E-state index contributed by atoms with van der Waals surface area (Å²) in [5, 5.41) is 44.4. The summed E-state index contributed by atoms with van der Waals surface area (Å²) in [5.74, 6) is -12.1. The quantitative estimate of drug-likeness (QED) is 0.0914. The number of amides is 10. The SMILES string of the molecule is CC(C)C[C@@H]1C(=O)N[C@H](CC(C)C)C(=O)N(C)[C@H](C(C)C)C(=O)N(C)[C@H]([C@H](O)[C@H](C)CCN2CCC(F)(CO)CC2)C(=O)N[C@H]([C@@H](C)O)C(=O)N(C)CC(=O)N(C)[C@@H](CC(C)C)C(=O)N[C@H](CC(C)C)C(=O)N(C)[C@H](CC(C)C)C(=O)N[C@H](C)C(=O)O[C@@H](C(C)C)C(=O)N1C. The highest BCUT2D eigenvalue weighted by Gasteiger charge is 2.46. The Balaban J connectivity index is 3.03. The van der Waals surface area contributed by atoms with Gasteiger partial charge in [-0.3, -0.25) is 47.9 Å². The van der Waals surface area contributed by atoms with E-state index in [1.807, 2.05) is 74.1 Å². The molecule has 0 aromatic heterocycles. The van der Waals surface area contributed by atoms with Crippen molar-refractivity contribution in [2.24, 2.45) is 47.3 Å². The molecule has 2 heterocycles. The molecule has 2 aliphatic heterocycles. The maximum atomic E-state index is 15.3. The maximum absolute atomic E-state index is 15.3. The summed E-state index contributed by atoms with van der Waals surface area (Å²) in [4.78, 5) is 171. The zero-order valence-corrected chi connectivity index (χ0v) is 61.5. The summed E-state index contributed by atoms with van der Waals surface area (Å²) in [5.41, 5.74) is -1.73. The molecule has 10 amide bonds. The molecule has 0 aromatic rings. The first kappa shape index (κ1) is 85.0. The fourth-order valence-electron chi connectivity index (χ4n) is 12.2. The van der Waals surface area contributed by atoms with Crippen LogP contribution in [0.25, 0.3) is 0 Å². The lowest BCUT2D eigenvalue weighted by molar-refractivity contribution is -0.166. The minimum Gasteiger partial charge on any atom is -0.450 e. The van der Waals surface area contributed by atoms with E-state index >= 15 is 18.8 Å². The van der Waals surface area contributed by atoms with Gasteiger partial charge >= 0.3 is 5.97 Å². The smallest absolute Gasteiger partial charge is 0.329 e. The molecule has 7 N–H and O–H groups in total. The van der Waals surface area contributed by atoms with Crippen molar-refractivity contribution in [1.82, 2.24) is 55.6 Å². The average molecular weight is 1350 g/mol. The van der Waals surface area contributed by atoms with Gasteiger partial charge in [0.15, 0.2) is 6.10 Å². The van der Waals surface area contributed by atoms with E-state index in [2.05, 4.69) is 21.3 Å². The minimum absolute atomic E-state index is 0.0510. The number of piperidine rings is 1. The van der Waals surface area contributed by atoms with Crippen LogP contribution in [0.5, 0.6) is 0 Å². The number of aliphatic hydroxyl groups is 3. The number of carbonyl (C=O) groups is 11. The number of ether oxygens (including phenoxy) is 1. The number of nitrogens with one attached hydrogen (secondary N) is 4. The molecule has 2 fully saturated rings. The Labute approximate surface area is 565 Å². The van der Waals surface area contributed by atoms with E-state index < -0.39 is 174 Å².